The number of carbonyl (C=O) groups excluding carboxylic acids is 1. The van der Waals surface area contributed by atoms with Gasteiger partial charge in [-0.1, -0.05) is 11.6 Å². The smallest absolute Gasteiger partial charge is 0.234 e. The van der Waals surface area contributed by atoms with Crippen molar-refractivity contribution in [3.05, 3.63) is 21.3 Å². The van der Waals surface area contributed by atoms with Gasteiger partial charge in [0.25, 0.3) is 0 Å². The van der Waals surface area contributed by atoms with Gasteiger partial charge in [0, 0.05) is 18.0 Å². The number of hydrogen-bond donors (Lipinski definition) is 1. The van der Waals surface area contributed by atoms with E-state index >= 15 is 0 Å². The van der Waals surface area contributed by atoms with Crippen LogP contribution in [0.1, 0.15) is 25.1 Å². The molecule has 1 aliphatic rings. The van der Waals surface area contributed by atoms with E-state index in [0.717, 1.165) is 28.7 Å². The van der Waals surface area contributed by atoms with Gasteiger partial charge in [-0.2, -0.15) is 0 Å². The molecule has 2 atom stereocenters. The number of hydrogen-bond acceptors (Lipinski definition) is 3. The van der Waals surface area contributed by atoms with Crippen LogP contribution in [0.4, 0.5) is 0 Å². The second kappa shape index (κ2) is 5.19. The first-order chi connectivity index (χ1) is 8.59. The minimum absolute atomic E-state index is 0.210. The van der Waals surface area contributed by atoms with Crippen LogP contribution in [0.15, 0.2) is 12.1 Å². The Labute approximate surface area is 117 Å². The molecule has 3 nitrogen and oxygen atoms in total. The highest BCUT2D eigenvalue weighted by Gasteiger charge is 2.62. The molecule has 2 N–H and O–H groups in total. The van der Waals surface area contributed by atoms with Crippen LogP contribution in [0.2, 0.25) is 4.34 Å². The van der Waals surface area contributed by atoms with E-state index < -0.39 is 5.41 Å². The Balaban J connectivity index is 2.32. The number of halogens is 1. The quantitative estimate of drug-likeness (QED) is 0.904. The van der Waals surface area contributed by atoms with Crippen LogP contribution < -0.4 is 5.73 Å². The van der Waals surface area contributed by atoms with E-state index in [1.807, 2.05) is 30.9 Å². The first kappa shape index (κ1) is 13.8. The highest BCUT2D eigenvalue weighted by Crippen LogP contribution is 2.57. The van der Waals surface area contributed by atoms with Crippen LogP contribution in [0.5, 0.6) is 0 Å². The summed E-state index contributed by atoms with van der Waals surface area (Å²) in [5, 5.41) is 0. The minimum atomic E-state index is -0.390. The fraction of sp³-hybridized carbons (Fsp3) is 0.615. The van der Waals surface area contributed by atoms with Gasteiger partial charge in [-0.3, -0.25) is 4.79 Å². The lowest BCUT2D eigenvalue weighted by Crippen LogP contribution is -2.40. The van der Waals surface area contributed by atoms with Crippen molar-refractivity contribution < 1.29 is 4.79 Å². The van der Waals surface area contributed by atoms with Crippen LogP contribution >= 0.6 is 22.9 Å². The van der Waals surface area contributed by atoms with Crippen LogP contribution in [0.25, 0.3) is 0 Å². The molecule has 18 heavy (non-hydrogen) atoms. The summed E-state index contributed by atoms with van der Waals surface area (Å²) < 4.78 is 0.736. The largest absolute Gasteiger partial charge is 0.342 e. The van der Waals surface area contributed by atoms with Crippen molar-refractivity contribution in [2.24, 2.45) is 11.7 Å². The molecular weight excluding hydrogens is 268 g/mol. The summed E-state index contributed by atoms with van der Waals surface area (Å²) in [6.45, 7) is 6.07. The second-order valence-corrected chi connectivity index (χ2v) is 6.40. The third-order valence-electron chi connectivity index (χ3n) is 3.83. The van der Waals surface area contributed by atoms with Crippen LogP contribution in [-0.2, 0) is 10.2 Å². The molecule has 0 unspecified atom stereocenters. The molecule has 1 fully saturated rings. The maximum atomic E-state index is 12.7. The normalized spacial score (nSPS) is 26.1. The van der Waals surface area contributed by atoms with Crippen molar-refractivity contribution in [1.29, 1.82) is 0 Å². The third kappa shape index (κ3) is 2.06. The average molecular weight is 287 g/mol. The van der Waals surface area contributed by atoms with Gasteiger partial charge in [-0.05, 0) is 44.9 Å². The molecule has 0 saturated heterocycles. The summed E-state index contributed by atoms with van der Waals surface area (Å²) in [7, 11) is 0. The molecule has 100 valence electrons. The summed E-state index contributed by atoms with van der Waals surface area (Å²) in [5.41, 5.74) is 5.38. The van der Waals surface area contributed by atoms with E-state index in [0.29, 0.717) is 6.54 Å². The van der Waals surface area contributed by atoms with E-state index in [-0.39, 0.29) is 11.8 Å². The number of likely N-dealkylation sites (N-methyl/N-ethyl adjacent to an activating group) is 1. The fourth-order valence-electron chi connectivity index (χ4n) is 2.63. The maximum absolute atomic E-state index is 12.7. The molecule has 1 heterocycles. The van der Waals surface area contributed by atoms with Gasteiger partial charge < -0.3 is 10.6 Å². The Morgan fingerprint density at radius 3 is 2.61 bits per heavy atom. The summed E-state index contributed by atoms with van der Waals surface area (Å²) in [6.07, 6.45) is 0.857. The molecule has 0 radical (unpaired) electrons. The van der Waals surface area contributed by atoms with Crippen molar-refractivity contribution >= 4 is 28.8 Å². The molecule has 1 amide bonds. The van der Waals surface area contributed by atoms with Crippen LogP contribution in [0.3, 0.4) is 0 Å². The van der Waals surface area contributed by atoms with E-state index in [1.165, 1.54) is 11.3 Å². The summed E-state index contributed by atoms with van der Waals surface area (Å²) in [5.74, 6) is 0.474. The molecule has 0 aliphatic heterocycles. The number of carbonyl (C=O) groups is 1. The highest BCUT2D eigenvalue weighted by atomic mass is 35.5. The van der Waals surface area contributed by atoms with Crippen molar-refractivity contribution in [3.63, 3.8) is 0 Å². The standard InChI is InChI=1S/C13H19ClN2OS/c1-3-16(4-2)12(17)13(7-9(13)8-15)10-5-6-11(14)18-10/h5-6,9H,3-4,7-8,15H2,1-2H3/t9-,13-/m0/s1. The maximum Gasteiger partial charge on any atom is 0.234 e. The first-order valence-electron chi connectivity index (χ1n) is 6.35. The molecule has 2 rings (SSSR count). The van der Waals surface area contributed by atoms with Crippen molar-refractivity contribution in [3.8, 4) is 0 Å². The lowest BCUT2D eigenvalue weighted by Gasteiger charge is -2.25. The van der Waals surface area contributed by atoms with E-state index in [2.05, 4.69) is 0 Å². The molecule has 5 heteroatoms. The molecule has 0 spiro atoms. The fourth-order valence-corrected chi connectivity index (χ4v) is 3.94. The molecule has 1 saturated carbocycles. The van der Waals surface area contributed by atoms with Gasteiger partial charge in [0.15, 0.2) is 0 Å². The zero-order valence-electron chi connectivity index (χ0n) is 10.8. The number of nitrogens with two attached hydrogens (primary N) is 1. The zero-order valence-corrected chi connectivity index (χ0v) is 12.4. The van der Waals surface area contributed by atoms with Crippen molar-refractivity contribution in [2.45, 2.75) is 25.7 Å². The Morgan fingerprint density at radius 1 is 1.56 bits per heavy atom. The first-order valence-corrected chi connectivity index (χ1v) is 7.54. The van der Waals surface area contributed by atoms with Gasteiger partial charge >= 0.3 is 0 Å². The van der Waals surface area contributed by atoms with Gasteiger partial charge in [0.2, 0.25) is 5.91 Å². The molecule has 0 aromatic carbocycles. The van der Waals surface area contributed by atoms with Gasteiger partial charge in [-0.25, -0.2) is 0 Å². The Hall–Kier alpha value is -0.580. The van der Waals surface area contributed by atoms with Gasteiger partial charge in [0.05, 0.1) is 9.75 Å². The molecule has 1 aromatic heterocycles. The Morgan fingerprint density at radius 2 is 2.22 bits per heavy atom. The summed E-state index contributed by atoms with van der Waals surface area (Å²) >= 11 is 7.50. The van der Waals surface area contributed by atoms with Crippen LogP contribution in [0, 0.1) is 5.92 Å². The predicted octanol–water partition coefficient (Wildman–Crippen LogP) is 2.49. The molecule has 1 aliphatic carbocycles. The SMILES string of the molecule is CCN(CC)C(=O)[C@@]1(c2ccc(Cl)s2)C[C@H]1CN. The average Bonchev–Trinajstić information content (AvgIpc) is 2.97. The zero-order chi connectivity index (χ0) is 13.3. The number of amides is 1. The summed E-state index contributed by atoms with van der Waals surface area (Å²) in [6, 6.07) is 3.84. The second-order valence-electron chi connectivity index (χ2n) is 4.69. The number of rotatable bonds is 5. The monoisotopic (exact) mass is 286 g/mol. The predicted molar refractivity (Wildman–Crippen MR) is 76.1 cm³/mol. The highest BCUT2D eigenvalue weighted by molar-refractivity contribution is 7.16. The Kier molecular flexibility index (Phi) is 3.99. The van der Waals surface area contributed by atoms with Gasteiger partial charge in [0.1, 0.15) is 0 Å². The van der Waals surface area contributed by atoms with E-state index in [4.69, 9.17) is 17.3 Å². The third-order valence-corrected chi connectivity index (χ3v) is 5.24. The molecular formula is C13H19ClN2OS. The molecule has 1 aromatic rings. The Bertz CT molecular complexity index is 444. The topological polar surface area (TPSA) is 46.3 Å². The molecule has 0 bridgehead atoms. The summed E-state index contributed by atoms with van der Waals surface area (Å²) in [4.78, 5) is 15.7. The van der Waals surface area contributed by atoms with Crippen molar-refractivity contribution in [1.82, 2.24) is 4.90 Å². The lowest BCUT2D eigenvalue weighted by molar-refractivity contribution is -0.133. The van der Waals surface area contributed by atoms with Crippen molar-refractivity contribution in [2.75, 3.05) is 19.6 Å². The number of nitrogens with zero attached hydrogens (tertiary/aromatic N) is 1. The van der Waals surface area contributed by atoms with E-state index in [1.54, 1.807) is 0 Å². The number of thiophene rings is 1. The van der Waals surface area contributed by atoms with Crippen LogP contribution in [-0.4, -0.2) is 30.4 Å². The minimum Gasteiger partial charge on any atom is -0.342 e. The lowest BCUT2D eigenvalue weighted by atomic mass is 9.99. The van der Waals surface area contributed by atoms with Gasteiger partial charge in [-0.15, -0.1) is 11.3 Å². The van der Waals surface area contributed by atoms with E-state index in [9.17, 15) is 4.79 Å².